The minimum atomic E-state index is -1.36. The number of rotatable bonds is 15. The number of hydrogen-bond acceptors (Lipinski definition) is 6. The number of ketones is 1. The molecule has 2 aromatic heterocycles. The van der Waals surface area contributed by atoms with Gasteiger partial charge in [0.15, 0.2) is 23.2 Å². The van der Waals surface area contributed by atoms with Crippen LogP contribution in [-0.2, 0) is 51.7 Å². The summed E-state index contributed by atoms with van der Waals surface area (Å²) < 4.78 is 53.6. The third-order valence-electron chi connectivity index (χ3n) is 10.9. The van der Waals surface area contributed by atoms with Crippen LogP contribution in [0.25, 0.3) is 22.6 Å². The van der Waals surface area contributed by atoms with Crippen LogP contribution in [0.5, 0.6) is 0 Å². The highest BCUT2D eigenvalue weighted by Crippen LogP contribution is 2.59. The van der Waals surface area contributed by atoms with E-state index in [2.05, 4.69) is 56.0 Å². The molecule has 1 saturated heterocycles. The van der Waals surface area contributed by atoms with Crippen molar-refractivity contribution in [3.8, 4) is 11.5 Å². The fourth-order valence-corrected chi connectivity index (χ4v) is 8.74. The molecule has 9 nitrogen and oxygen atoms in total. The first-order chi connectivity index (χ1) is 23.0. The van der Waals surface area contributed by atoms with E-state index < -0.39 is 33.8 Å². The van der Waals surface area contributed by atoms with E-state index in [1.165, 1.54) is 17.7 Å². The van der Waals surface area contributed by atoms with Gasteiger partial charge in [0.05, 0.1) is 36.9 Å². The van der Waals surface area contributed by atoms with E-state index in [-0.39, 0.29) is 35.4 Å². The third kappa shape index (κ3) is 8.12. The Morgan fingerprint density at radius 1 is 1.10 bits per heavy atom. The Bertz CT molecular complexity index is 1690. The summed E-state index contributed by atoms with van der Waals surface area (Å²) in [5.41, 5.74) is 3.88. The SMILES string of the molecule is C[C@@H](C(=O)Cc1cc2c(nc(-c3[nH][n+](COCC[Si](C)(C)C)c4c3C[C@@H]3C[C@]3(C)C4)n2COCC[Si](C)(C)C)c(F)c1F)N1CCOCC1. The number of morpholine rings is 1. The molecule has 1 aliphatic heterocycles. The summed E-state index contributed by atoms with van der Waals surface area (Å²) >= 11 is 0. The first-order valence-electron chi connectivity index (χ1n) is 18.1. The lowest BCUT2D eigenvalue weighted by atomic mass is 9.87. The topological polar surface area (TPSA) is 85.5 Å². The summed E-state index contributed by atoms with van der Waals surface area (Å²) in [6, 6.07) is 3.24. The van der Waals surface area contributed by atoms with Crippen molar-refractivity contribution in [3.05, 3.63) is 34.5 Å². The molecule has 270 valence electrons. The molecule has 2 aliphatic carbocycles. The molecule has 6 rings (SSSR count). The lowest BCUT2D eigenvalue weighted by Gasteiger charge is -2.31. The number of hydrogen-bond donors (Lipinski definition) is 1. The second-order valence-electron chi connectivity index (χ2n) is 17.3. The maximum atomic E-state index is 16.0. The summed E-state index contributed by atoms with van der Waals surface area (Å²) in [7, 11) is -2.61. The zero-order chi connectivity index (χ0) is 35.3. The Hall–Kier alpha value is -2.30. The van der Waals surface area contributed by atoms with Gasteiger partial charge in [-0.3, -0.25) is 14.3 Å². The van der Waals surface area contributed by atoms with Gasteiger partial charge in [-0.25, -0.2) is 13.8 Å². The number of nitrogens with one attached hydrogen (secondary N) is 1. The Labute approximate surface area is 291 Å². The van der Waals surface area contributed by atoms with Crippen molar-refractivity contribution in [2.45, 2.75) is 110 Å². The van der Waals surface area contributed by atoms with Crippen LogP contribution in [0.2, 0.25) is 51.4 Å². The summed E-state index contributed by atoms with van der Waals surface area (Å²) in [6.07, 6.45) is 2.80. The highest BCUT2D eigenvalue weighted by molar-refractivity contribution is 6.76. The molecular weight excluding hydrogens is 661 g/mol. The van der Waals surface area contributed by atoms with Gasteiger partial charge < -0.3 is 14.2 Å². The predicted molar refractivity (Wildman–Crippen MR) is 192 cm³/mol. The lowest BCUT2D eigenvalue weighted by Crippen LogP contribution is -2.46. The molecule has 0 unspecified atom stereocenters. The Morgan fingerprint density at radius 2 is 1.78 bits per heavy atom. The van der Waals surface area contributed by atoms with Gasteiger partial charge in [0.1, 0.15) is 17.9 Å². The molecule has 0 radical (unpaired) electrons. The molecule has 49 heavy (non-hydrogen) atoms. The summed E-state index contributed by atoms with van der Waals surface area (Å²) in [6.45, 7) is 22.3. The van der Waals surface area contributed by atoms with Crippen molar-refractivity contribution in [3.63, 3.8) is 0 Å². The van der Waals surface area contributed by atoms with Crippen LogP contribution in [0, 0.1) is 23.0 Å². The summed E-state index contributed by atoms with van der Waals surface area (Å²) in [5, 5.41) is 3.60. The number of H-pyrrole nitrogens is 1. The van der Waals surface area contributed by atoms with Crippen molar-refractivity contribution in [2.75, 3.05) is 39.5 Å². The van der Waals surface area contributed by atoms with Gasteiger partial charge in [-0.15, -0.1) is 0 Å². The molecule has 2 fully saturated rings. The molecule has 1 aromatic carbocycles. The standard InChI is InChI=1S/C36H55F2N5O4Si2/c1-24(41-9-11-45-12-10-41)30(44)18-25-17-28-34(32(38)31(25)37)39-35(42(28)22-46-13-15-48(3,4)5)33-27-19-26-20-36(26,2)21-29(27)43(40-33)23-47-14-16-49(6,7)8/h17,24,26H,9-16,18-23H2,1-8H3/p+1/t24-,26+,36+/m0/s1. The van der Waals surface area contributed by atoms with E-state index in [0.29, 0.717) is 63.5 Å². The molecule has 0 amide bonds. The van der Waals surface area contributed by atoms with Crippen molar-refractivity contribution in [2.24, 2.45) is 11.3 Å². The van der Waals surface area contributed by atoms with Crippen LogP contribution >= 0.6 is 0 Å². The van der Waals surface area contributed by atoms with Gasteiger partial charge in [0.2, 0.25) is 5.69 Å². The van der Waals surface area contributed by atoms with E-state index >= 15 is 8.78 Å². The van der Waals surface area contributed by atoms with Gasteiger partial charge in [-0.05, 0) is 49.3 Å². The van der Waals surface area contributed by atoms with Crippen molar-refractivity contribution >= 4 is 33.0 Å². The normalized spacial score (nSPS) is 22.0. The van der Waals surface area contributed by atoms with Gasteiger partial charge in [0, 0.05) is 54.2 Å². The van der Waals surface area contributed by atoms with E-state index in [9.17, 15) is 4.79 Å². The largest absolute Gasteiger partial charge is 0.379 e. The van der Waals surface area contributed by atoms with Crippen molar-refractivity contribution in [1.29, 1.82) is 0 Å². The summed E-state index contributed by atoms with van der Waals surface area (Å²) in [5.74, 6) is -1.09. The first kappa shape index (κ1) is 36.5. The Morgan fingerprint density at radius 3 is 2.45 bits per heavy atom. The van der Waals surface area contributed by atoms with Crippen LogP contribution < -0.4 is 4.68 Å². The quantitative estimate of drug-likeness (QED) is 0.115. The third-order valence-corrected chi connectivity index (χ3v) is 14.3. The maximum Gasteiger partial charge on any atom is 0.276 e. The molecule has 0 bridgehead atoms. The fraction of sp³-hybridized carbons (Fsp3) is 0.694. The number of aromatic amines is 1. The van der Waals surface area contributed by atoms with Gasteiger partial charge in [-0.1, -0.05) is 50.9 Å². The van der Waals surface area contributed by atoms with Crippen molar-refractivity contribution < 1.29 is 32.5 Å². The highest BCUT2D eigenvalue weighted by atomic mass is 28.3. The average molecular weight is 717 g/mol. The Balaban J connectivity index is 1.38. The number of imidazole rings is 1. The second-order valence-corrected chi connectivity index (χ2v) is 28.6. The van der Waals surface area contributed by atoms with Gasteiger partial charge in [-0.2, -0.15) is 5.10 Å². The number of carbonyl (C=O) groups excluding carboxylic acids is 1. The minimum absolute atomic E-state index is 0.0398. The Kier molecular flexibility index (Phi) is 10.4. The van der Waals surface area contributed by atoms with Crippen molar-refractivity contribution in [1.82, 2.24) is 19.5 Å². The van der Waals surface area contributed by atoms with E-state index in [0.717, 1.165) is 30.6 Å². The molecule has 3 atom stereocenters. The number of aromatic nitrogens is 4. The number of carbonyl (C=O) groups is 1. The number of halogens is 2. The van der Waals surface area contributed by atoms with Crippen LogP contribution in [0.15, 0.2) is 6.07 Å². The highest BCUT2D eigenvalue weighted by Gasteiger charge is 2.56. The molecule has 1 saturated carbocycles. The number of ether oxygens (including phenoxy) is 3. The zero-order valence-corrected chi connectivity index (χ0v) is 32.8. The molecular formula is C36H56F2N5O4Si2+. The maximum absolute atomic E-state index is 16.0. The summed E-state index contributed by atoms with van der Waals surface area (Å²) in [4.78, 5) is 20.2. The van der Waals surface area contributed by atoms with Crippen LogP contribution in [0.4, 0.5) is 8.78 Å². The fourth-order valence-electron chi connectivity index (χ4n) is 7.23. The molecule has 3 aromatic rings. The lowest BCUT2D eigenvalue weighted by molar-refractivity contribution is -0.787. The molecule has 0 spiro atoms. The zero-order valence-electron chi connectivity index (χ0n) is 30.8. The minimum Gasteiger partial charge on any atom is -0.379 e. The number of fused-ring (bicyclic) bond motifs is 3. The van der Waals surface area contributed by atoms with Gasteiger partial charge >= 0.3 is 0 Å². The first-order valence-corrected chi connectivity index (χ1v) is 25.5. The van der Waals surface area contributed by atoms with E-state index in [1.807, 2.05) is 16.4 Å². The van der Waals surface area contributed by atoms with Crippen LogP contribution in [0.1, 0.15) is 37.1 Å². The van der Waals surface area contributed by atoms with E-state index in [4.69, 9.17) is 19.2 Å². The van der Waals surface area contributed by atoms with Crippen LogP contribution in [-0.4, -0.2) is 87.0 Å². The molecule has 13 heteroatoms. The molecule has 3 aliphatic rings. The monoisotopic (exact) mass is 716 g/mol. The predicted octanol–water partition coefficient (Wildman–Crippen LogP) is 6.18. The van der Waals surface area contributed by atoms with E-state index in [1.54, 1.807) is 6.07 Å². The molecule has 1 N–H and O–H groups in total. The second kappa shape index (κ2) is 14.0. The number of nitrogens with zero attached hydrogens (tertiary/aromatic N) is 4. The smallest absolute Gasteiger partial charge is 0.276 e. The van der Waals surface area contributed by atoms with Gasteiger partial charge in [0.25, 0.3) is 6.73 Å². The van der Waals surface area contributed by atoms with Crippen LogP contribution in [0.3, 0.4) is 0 Å². The number of Topliss-reactive ketones (excluding diaryl/α,β-unsaturated/α-hetero) is 1. The average Bonchev–Trinajstić information content (AvgIpc) is 3.40. The molecule has 3 heterocycles. The number of benzene rings is 1.